The Bertz CT molecular complexity index is 369. The van der Waals surface area contributed by atoms with Crippen molar-refractivity contribution in [3.63, 3.8) is 0 Å². The second-order valence-electron chi connectivity index (χ2n) is 2.37. The standard InChI is InChI=1S/C8H6N3.Ga/c1-2-4-9-7(3-1)8-10-5-6-11-8;/h1-6H;/q-1;+1. The van der Waals surface area contributed by atoms with Crippen molar-refractivity contribution in [3.8, 4) is 11.5 Å². The molecule has 0 aliphatic carbocycles. The Morgan fingerprint density at radius 3 is 2.67 bits per heavy atom. The van der Waals surface area contributed by atoms with Gasteiger partial charge in [0.25, 0.3) is 0 Å². The predicted octanol–water partition coefficient (Wildman–Crippen LogP) is 0.877. The number of rotatable bonds is 1. The second-order valence-corrected chi connectivity index (χ2v) is 3.54. The second kappa shape index (κ2) is 3.16. The van der Waals surface area contributed by atoms with Crippen molar-refractivity contribution in [1.82, 2.24) is 13.2 Å². The summed E-state index contributed by atoms with van der Waals surface area (Å²) in [5.41, 5.74) is 0.923. The van der Waals surface area contributed by atoms with E-state index in [0.29, 0.717) is 0 Å². The molecular formula is C8H6GaN3. The molecule has 56 valence electrons. The van der Waals surface area contributed by atoms with E-state index in [0.717, 1.165) is 11.5 Å². The third kappa shape index (κ3) is 1.30. The van der Waals surface area contributed by atoms with Crippen molar-refractivity contribution in [2.75, 3.05) is 0 Å². The van der Waals surface area contributed by atoms with Gasteiger partial charge in [-0.1, -0.05) is 0 Å². The Labute approximate surface area is 80.7 Å². The minimum atomic E-state index is 0.923. The summed E-state index contributed by atoms with van der Waals surface area (Å²) in [6.07, 6.45) is 5.49. The quantitative estimate of drug-likeness (QED) is 0.659. The Morgan fingerprint density at radius 1 is 1.17 bits per heavy atom. The van der Waals surface area contributed by atoms with Crippen LogP contribution in [-0.4, -0.2) is 32.1 Å². The zero-order valence-corrected chi connectivity index (χ0v) is 8.81. The maximum atomic E-state index is 4.21. The summed E-state index contributed by atoms with van der Waals surface area (Å²) >= 11 is 1.50. The van der Waals surface area contributed by atoms with Crippen LogP contribution in [0, 0.1) is 0 Å². The van der Waals surface area contributed by atoms with Crippen LogP contribution >= 0.6 is 0 Å². The molecule has 0 spiro atoms. The first-order valence-corrected chi connectivity index (χ1v) is 4.66. The normalized spacial score (nSPS) is 10.0. The molecule has 2 aromatic rings. The summed E-state index contributed by atoms with van der Waals surface area (Å²) in [5, 5.41) is 0. The molecule has 0 N–H and O–H groups in total. The van der Waals surface area contributed by atoms with E-state index in [1.165, 1.54) is 18.8 Å². The molecule has 2 rings (SSSR count). The summed E-state index contributed by atoms with van der Waals surface area (Å²) in [6.45, 7) is 0. The first kappa shape index (κ1) is 7.64. The molecule has 0 amide bonds. The Morgan fingerprint density at radius 2 is 2.08 bits per heavy atom. The van der Waals surface area contributed by atoms with Crippen LogP contribution < -0.4 is 0 Å². The van der Waals surface area contributed by atoms with Crippen molar-refractivity contribution in [2.45, 2.75) is 0 Å². The molecule has 0 aliphatic rings. The first-order chi connectivity index (χ1) is 5.88. The predicted molar refractivity (Wildman–Crippen MR) is 46.6 cm³/mol. The Kier molecular flexibility index (Phi) is 2.01. The number of hydrogen-bond donors (Lipinski definition) is 0. The molecule has 3 nitrogen and oxygen atoms in total. The summed E-state index contributed by atoms with van der Waals surface area (Å²) in [4.78, 5) is 8.41. The molecule has 2 heterocycles. The molecule has 0 aromatic carbocycles. The van der Waals surface area contributed by atoms with Gasteiger partial charge in [0.15, 0.2) is 0 Å². The van der Waals surface area contributed by atoms with Crippen LogP contribution in [0.3, 0.4) is 0 Å². The van der Waals surface area contributed by atoms with E-state index in [4.69, 9.17) is 0 Å². The minimum absolute atomic E-state index is 0.923. The fourth-order valence-corrected chi connectivity index (χ4v) is 1.59. The van der Waals surface area contributed by atoms with Gasteiger partial charge in [-0.05, 0) is 0 Å². The van der Waals surface area contributed by atoms with E-state index < -0.39 is 0 Å². The van der Waals surface area contributed by atoms with Crippen molar-refractivity contribution in [2.24, 2.45) is 0 Å². The third-order valence-corrected chi connectivity index (χ3v) is 2.44. The fraction of sp³-hybridized carbons (Fsp3) is 0. The fourth-order valence-electron chi connectivity index (χ4n) is 1.01. The molecule has 0 atom stereocenters. The van der Waals surface area contributed by atoms with Crippen LogP contribution in [0.5, 0.6) is 0 Å². The van der Waals surface area contributed by atoms with Crippen LogP contribution in [0.4, 0.5) is 0 Å². The van der Waals surface area contributed by atoms with E-state index in [1.54, 1.807) is 12.4 Å². The topological polar surface area (TPSA) is 30.7 Å². The van der Waals surface area contributed by atoms with Crippen LogP contribution in [-0.2, 0) is 0 Å². The van der Waals surface area contributed by atoms with Gasteiger partial charge in [0.05, 0.1) is 0 Å². The van der Waals surface area contributed by atoms with Gasteiger partial charge in [-0.3, -0.25) is 0 Å². The molecule has 0 fully saturated rings. The first-order valence-electron chi connectivity index (χ1n) is 3.58. The van der Waals surface area contributed by atoms with Gasteiger partial charge in [-0.2, -0.15) is 0 Å². The molecular weight excluding hydrogens is 208 g/mol. The Hall–Kier alpha value is -1.00. The molecule has 0 saturated heterocycles. The van der Waals surface area contributed by atoms with Gasteiger partial charge in [0, 0.05) is 0 Å². The molecule has 0 bridgehead atoms. The zero-order chi connectivity index (χ0) is 8.39. The molecule has 12 heavy (non-hydrogen) atoms. The molecule has 0 unspecified atom stereocenters. The van der Waals surface area contributed by atoms with E-state index in [9.17, 15) is 0 Å². The summed E-state index contributed by atoms with van der Waals surface area (Å²) in [7, 11) is 0. The van der Waals surface area contributed by atoms with E-state index in [2.05, 4.69) is 9.97 Å². The number of pyridine rings is 1. The van der Waals surface area contributed by atoms with Gasteiger partial charge in [-0.25, -0.2) is 0 Å². The number of hydrogen-bond acceptors (Lipinski definition) is 2. The number of nitrogens with zero attached hydrogens (tertiary/aromatic N) is 3. The van der Waals surface area contributed by atoms with Crippen LogP contribution in [0.25, 0.3) is 11.5 Å². The van der Waals surface area contributed by atoms with E-state index in [1.807, 2.05) is 27.7 Å². The van der Waals surface area contributed by atoms with Crippen molar-refractivity contribution in [3.05, 3.63) is 36.8 Å². The maximum absolute atomic E-state index is 4.21. The van der Waals surface area contributed by atoms with Crippen LogP contribution in [0.1, 0.15) is 0 Å². The van der Waals surface area contributed by atoms with Crippen LogP contribution in [0.15, 0.2) is 36.8 Å². The van der Waals surface area contributed by atoms with Crippen molar-refractivity contribution >= 4 is 18.8 Å². The third-order valence-electron chi connectivity index (χ3n) is 1.56. The molecule has 0 aliphatic heterocycles. The Balaban J connectivity index is 2.51. The molecule has 2 aromatic heterocycles. The molecule has 0 saturated carbocycles. The van der Waals surface area contributed by atoms with Gasteiger partial charge in [-0.15, -0.1) is 0 Å². The van der Waals surface area contributed by atoms with Crippen molar-refractivity contribution in [1.29, 1.82) is 0 Å². The van der Waals surface area contributed by atoms with Gasteiger partial charge < -0.3 is 0 Å². The monoisotopic (exact) mass is 213 g/mol. The SMILES string of the molecule is [Ga][n]1ccnc1-c1ccccn1. The van der Waals surface area contributed by atoms with E-state index in [-0.39, 0.29) is 0 Å². The summed E-state index contributed by atoms with van der Waals surface area (Å²) in [6, 6.07) is 5.82. The summed E-state index contributed by atoms with van der Waals surface area (Å²) < 4.78 is 2.01. The molecule has 4 heteroatoms. The average molecular weight is 214 g/mol. The van der Waals surface area contributed by atoms with Gasteiger partial charge in [0.2, 0.25) is 0 Å². The van der Waals surface area contributed by atoms with Gasteiger partial charge in [0.1, 0.15) is 0 Å². The number of imidazole rings is 1. The molecule has 2 radical (unpaired) electrons. The zero-order valence-electron chi connectivity index (χ0n) is 6.38. The van der Waals surface area contributed by atoms with E-state index >= 15 is 0 Å². The summed E-state index contributed by atoms with van der Waals surface area (Å²) in [5.74, 6) is 0.926. The van der Waals surface area contributed by atoms with Gasteiger partial charge >= 0.3 is 80.4 Å². The van der Waals surface area contributed by atoms with Crippen LogP contribution in [0.2, 0.25) is 0 Å². The van der Waals surface area contributed by atoms with Crippen molar-refractivity contribution < 1.29 is 0 Å². The number of aromatic nitrogens is 3. The average Bonchev–Trinajstić information content (AvgIpc) is 2.53.